The zero-order valence-corrected chi connectivity index (χ0v) is 32.0. The molecule has 282 valence electrons. The van der Waals surface area contributed by atoms with E-state index in [1.54, 1.807) is 0 Å². The first-order valence-electron chi connectivity index (χ1n) is 17.7. The third kappa shape index (κ3) is 10.1. The van der Waals surface area contributed by atoms with E-state index in [0.717, 1.165) is 60.4 Å². The van der Waals surface area contributed by atoms with Crippen LogP contribution in [0.5, 0.6) is 5.75 Å². The lowest BCUT2D eigenvalue weighted by atomic mass is 9.87. The summed E-state index contributed by atoms with van der Waals surface area (Å²) in [7, 11) is -3.01. The van der Waals surface area contributed by atoms with E-state index in [1.807, 2.05) is 36.6 Å². The van der Waals surface area contributed by atoms with Crippen molar-refractivity contribution in [1.82, 2.24) is 15.4 Å². The largest absolute Gasteiger partial charge is 0.508 e. The summed E-state index contributed by atoms with van der Waals surface area (Å²) >= 11 is 1.52. The number of aryl methyl sites for hydroxylation is 1. The van der Waals surface area contributed by atoms with Crippen LogP contribution in [-0.2, 0) is 30.5 Å². The van der Waals surface area contributed by atoms with Crippen molar-refractivity contribution >= 4 is 56.5 Å². The topological polar surface area (TPSA) is 168 Å². The van der Waals surface area contributed by atoms with Crippen LogP contribution in [0.25, 0.3) is 0 Å². The van der Waals surface area contributed by atoms with Crippen molar-refractivity contribution < 1.29 is 33.9 Å². The van der Waals surface area contributed by atoms with Crippen LogP contribution in [0.1, 0.15) is 82.9 Å². The molecule has 2 unspecified atom stereocenters. The number of aromatic hydroxyl groups is 1. The van der Waals surface area contributed by atoms with Crippen LogP contribution in [0, 0.1) is 0 Å². The fourth-order valence-corrected chi connectivity index (χ4v) is 9.17. The SMILES string of the molecule is C=S1(=O)NC(CCCC)(CCCC)CN(c2ccccc2)c2cc(SC)c(CCC(=O)NC(C(=O)N[C@@H](C(=O)O)[C@@H](C)O)c3ccc(O)cc3)cc21. The highest BCUT2D eigenvalue weighted by Crippen LogP contribution is 2.42. The van der Waals surface area contributed by atoms with Gasteiger partial charge in [-0.15, -0.1) is 11.8 Å². The minimum absolute atomic E-state index is 0.0436. The normalized spacial score (nSPS) is 18.4. The number of unbranched alkanes of at least 4 members (excludes halogenated alkanes) is 2. The van der Waals surface area contributed by atoms with Gasteiger partial charge in [-0.3, -0.25) is 9.59 Å². The van der Waals surface area contributed by atoms with E-state index in [9.17, 15) is 33.9 Å². The van der Waals surface area contributed by atoms with Gasteiger partial charge in [-0.05, 0) is 85.8 Å². The Hall–Kier alpha value is -4.04. The molecule has 0 saturated heterocycles. The van der Waals surface area contributed by atoms with Gasteiger partial charge in [0.1, 0.15) is 11.8 Å². The fraction of sp³-hybridized carbons (Fsp3) is 0.436. The van der Waals surface area contributed by atoms with Crippen molar-refractivity contribution in [3.63, 3.8) is 0 Å². The van der Waals surface area contributed by atoms with Crippen LogP contribution in [-0.4, -0.2) is 73.7 Å². The number of aliphatic hydroxyl groups excluding tert-OH is 1. The maximum Gasteiger partial charge on any atom is 0.328 e. The Morgan fingerprint density at radius 1 is 1.02 bits per heavy atom. The zero-order valence-electron chi connectivity index (χ0n) is 30.4. The number of thioether (sulfide) groups is 1. The van der Waals surface area contributed by atoms with Gasteiger partial charge in [0, 0.05) is 29.1 Å². The number of carboxylic acids is 1. The highest BCUT2D eigenvalue weighted by Gasteiger charge is 2.39. The number of carbonyl (C=O) groups excluding carboxylic acids is 2. The molecule has 4 rings (SSSR count). The molecular formula is C39H52N4O7S2. The molecule has 1 aliphatic heterocycles. The van der Waals surface area contributed by atoms with Crippen molar-refractivity contribution in [1.29, 1.82) is 0 Å². The first-order chi connectivity index (χ1) is 24.7. The number of carboxylic acid groups (broad SMARTS) is 1. The molecule has 52 heavy (non-hydrogen) atoms. The molecule has 1 aliphatic rings. The Labute approximate surface area is 311 Å². The number of benzene rings is 3. The van der Waals surface area contributed by atoms with E-state index in [4.69, 9.17) is 0 Å². The van der Waals surface area contributed by atoms with Gasteiger partial charge >= 0.3 is 5.97 Å². The number of aliphatic hydroxyl groups is 1. The van der Waals surface area contributed by atoms with Crippen LogP contribution < -0.4 is 20.3 Å². The quantitative estimate of drug-likeness (QED) is 0.0748. The Morgan fingerprint density at radius 2 is 1.65 bits per heavy atom. The van der Waals surface area contributed by atoms with Crippen LogP contribution in [0.2, 0.25) is 0 Å². The predicted molar refractivity (Wildman–Crippen MR) is 209 cm³/mol. The maximum atomic E-state index is 14.8. The van der Waals surface area contributed by atoms with E-state index in [1.165, 1.54) is 43.0 Å². The molecule has 1 heterocycles. The van der Waals surface area contributed by atoms with E-state index < -0.39 is 51.2 Å². The minimum atomic E-state index is -3.01. The minimum Gasteiger partial charge on any atom is -0.508 e. The van der Waals surface area contributed by atoms with Crippen LogP contribution >= 0.6 is 11.8 Å². The second-order valence-corrected chi connectivity index (χ2v) is 16.3. The summed E-state index contributed by atoms with van der Waals surface area (Å²) in [6, 6.07) is 16.7. The molecule has 0 spiro atoms. The molecule has 11 nitrogen and oxygen atoms in total. The highest BCUT2D eigenvalue weighted by molar-refractivity contribution is 7.99. The number of para-hydroxylation sites is 1. The Balaban J connectivity index is 1.69. The molecule has 0 saturated carbocycles. The zero-order chi connectivity index (χ0) is 38.1. The van der Waals surface area contributed by atoms with Crippen molar-refractivity contribution in [2.45, 2.75) is 106 Å². The van der Waals surface area contributed by atoms with Gasteiger partial charge in [-0.2, -0.15) is 0 Å². The van der Waals surface area contributed by atoms with Gasteiger partial charge in [0.15, 0.2) is 6.04 Å². The number of nitrogens with zero attached hydrogens (tertiary/aromatic N) is 1. The lowest BCUT2D eigenvalue weighted by Crippen LogP contribution is -2.53. The average Bonchev–Trinajstić information content (AvgIpc) is 3.21. The lowest BCUT2D eigenvalue weighted by Gasteiger charge is -2.38. The van der Waals surface area contributed by atoms with Gasteiger partial charge in [-0.1, -0.05) is 69.9 Å². The first kappa shape index (κ1) is 40.7. The monoisotopic (exact) mass is 752 g/mol. The number of nitrogens with one attached hydrogen (secondary N) is 3. The smallest absolute Gasteiger partial charge is 0.328 e. The molecule has 3 aromatic carbocycles. The molecular weight excluding hydrogens is 701 g/mol. The lowest BCUT2D eigenvalue weighted by molar-refractivity contribution is -0.145. The van der Waals surface area contributed by atoms with Crippen molar-refractivity contribution in [2.75, 3.05) is 17.7 Å². The number of fused-ring (bicyclic) bond motifs is 1. The highest BCUT2D eigenvalue weighted by atomic mass is 32.2. The van der Waals surface area contributed by atoms with E-state index in [0.29, 0.717) is 17.0 Å². The number of amides is 2. The van der Waals surface area contributed by atoms with E-state index in [2.05, 4.69) is 52.1 Å². The number of anilines is 2. The third-order valence-corrected chi connectivity index (χ3v) is 12.0. The number of hydrogen-bond donors (Lipinski definition) is 6. The van der Waals surface area contributed by atoms with Crippen molar-refractivity contribution in [3.8, 4) is 5.75 Å². The number of phenols is 1. The second kappa shape index (κ2) is 18.1. The van der Waals surface area contributed by atoms with E-state index >= 15 is 0 Å². The van der Waals surface area contributed by atoms with Gasteiger partial charge in [0.2, 0.25) is 11.8 Å². The van der Waals surface area contributed by atoms with Crippen molar-refractivity contribution in [3.05, 3.63) is 77.9 Å². The molecule has 0 radical (unpaired) electrons. The van der Waals surface area contributed by atoms with Crippen LogP contribution in [0.4, 0.5) is 11.4 Å². The molecule has 13 heteroatoms. The van der Waals surface area contributed by atoms with Gasteiger partial charge in [0.05, 0.1) is 26.4 Å². The Bertz CT molecular complexity index is 1790. The summed E-state index contributed by atoms with van der Waals surface area (Å²) in [6.07, 6.45) is 6.41. The molecule has 3 aromatic rings. The van der Waals surface area contributed by atoms with Crippen LogP contribution in [0.15, 0.2) is 76.5 Å². The van der Waals surface area contributed by atoms with Gasteiger partial charge in [-0.25, -0.2) is 13.7 Å². The van der Waals surface area contributed by atoms with Crippen LogP contribution in [0.3, 0.4) is 0 Å². The summed E-state index contributed by atoms with van der Waals surface area (Å²) in [6.45, 7) is 6.17. The fourth-order valence-electron chi connectivity index (χ4n) is 6.60. The second-order valence-electron chi connectivity index (χ2n) is 13.5. The van der Waals surface area contributed by atoms with Gasteiger partial charge < -0.3 is 30.9 Å². The number of hydrogen-bond acceptors (Lipinski definition) is 8. The Kier molecular flexibility index (Phi) is 14.2. The molecule has 0 aliphatic carbocycles. The Morgan fingerprint density at radius 3 is 2.21 bits per heavy atom. The van der Waals surface area contributed by atoms with E-state index in [-0.39, 0.29) is 18.6 Å². The number of carbonyl (C=O) groups is 3. The molecule has 4 atom stereocenters. The molecule has 0 fully saturated rings. The standard InChI is InChI=1S/C39H52N4O7S2/c1-6-8-21-39(22-9-7-2)25-43(29-13-11-10-12-14-29)31-24-32(51-4)28(23-33(31)52(5,50)42-39)17-20-34(46)40-36(27-15-18-30(45)19-16-27)37(47)41-35(26(3)44)38(48)49/h10-16,18-19,23-24,26,35-36,44-45H,5-9,17,20-22,25H2,1-4H3,(H,40,46)(H,41,47)(H,42,50)(H,48,49)/t26-,35-,36?,52?/m1/s1. The van der Waals surface area contributed by atoms with Gasteiger partial charge in [0.25, 0.3) is 0 Å². The van der Waals surface area contributed by atoms with Crippen molar-refractivity contribution in [2.24, 2.45) is 0 Å². The number of aliphatic carboxylic acids is 1. The summed E-state index contributed by atoms with van der Waals surface area (Å²) in [5.74, 6) is 1.49. The molecule has 0 bridgehead atoms. The summed E-state index contributed by atoms with van der Waals surface area (Å²) in [4.78, 5) is 42.3. The number of rotatable bonds is 17. The molecule has 0 aromatic heterocycles. The summed E-state index contributed by atoms with van der Waals surface area (Å²) in [5, 5.41) is 34.3. The number of phenolic OH excluding ortho intramolecular Hbond substituents is 1. The average molecular weight is 753 g/mol. The summed E-state index contributed by atoms with van der Waals surface area (Å²) in [5.41, 5.74) is 2.45. The maximum absolute atomic E-state index is 14.8. The molecule has 6 N–H and O–H groups in total. The predicted octanol–water partition coefficient (Wildman–Crippen LogP) is 5.71. The summed E-state index contributed by atoms with van der Waals surface area (Å²) < 4.78 is 18.4. The first-order valence-corrected chi connectivity index (χ1v) is 20.7. The third-order valence-electron chi connectivity index (χ3n) is 9.40. The molecule has 2 amide bonds.